The summed E-state index contributed by atoms with van der Waals surface area (Å²) in [5.74, 6) is -0.265. The molecule has 0 radical (unpaired) electrons. The Hall–Kier alpha value is -1.95. The van der Waals surface area contributed by atoms with Crippen LogP contribution in [0.15, 0.2) is 18.2 Å². The van der Waals surface area contributed by atoms with E-state index >= 15 is 0 Å². The molecule has 0 bridgehead atoms. The maximum Gasteiger partial charge on any atom is 0.429 e. The van der Waals surface area contributed by atoms with E-state index in [0.717, 1.165) is 6.42 Å². The highest BCUT2D eigenvalue weighted by molar-refractivity contribution is 6.34. The summed E-state index contributed by atoms with van der Waals surface area (Å²) in [6.07, 6.45) is 0.293. The molecule has 0 aromatic heterocycles. The van der Waals surface area contributed by atoms with Gasteiger partial charge >= 0.3 is 6.09 Å². The Balaban J connectivity index is 2.90. The van der Waals surface area contributed by atoms with E-state index in [1.807, 2.05) is 27.7 Å². The highest BCUT2D eigenvalue weighted by atomic mass is 35.5. The van der Waals surface area contributed by atoms with E-state index in [2.05, 4.69) is 10.7 Å². The first-order valence-corrected chi connectivity index (χ1v) is 7.84. The van der Waals surface area contributed by atoms with Gasteiger partial charge < -0.3 is 10.1 Å². The van der Waals surface area contributed by atoms with Gasteiger partial charge in [-0.05, 0) is 45.4 Å². The van der Waals surface area contributed by atoms with Crippen molar-refractivity contribution in [2.75, 3.05) is 19.0 Å². The Bertz CT molecular complexity index is 570. The Kier molecular flexibility index (Phi) is 6.69. The van der Waals surface area contributed by atoms with Crippen LogP contribution >= 0.6 is 11.6 Å². The van der Waals surface area contributed by atoms with Crippen LogP contribution in [0.4, 0.5) is 10.5 Å². The predicted octanol–water partition coefficient (Wildman–Crippen LogP) is 3.67. The number of ether oxygens (including phenoxy) is 1. The molecule has 0 aliphatic carbocycles. The van der Waals surface area contributed by atoms with Gasteiger partial charge in [0.25, 0.3) is 5.91 Å². The number of nitrogens with one attached hydrogen (secondary N) is 2. The molecule has 0 saturated heterocycles. The molecule has 1 rings (SSSR count). The summed E-state index contributed by atoms with van der Waals surface area (Å²) in [5.41, 5.74) is 3.37. The van der Waals surface area contributed by atoms with Crippen LogP contribution in [0.3, 0.4) is 0 Å². The summed E-state index contributed by atoms with van der Waals surface area (Å²) in [5, 5.41) is 4.20. The smallest absolute Gasteiger partial charge is 0.429 e. The number of hydrogen-bond donors (Lipinski definition) is 2. The first kappa shape index (κ1) is 19.1. The van der Waals surface area contributed by atoms with Gasteiger partial charge in [0.2, 0.25) is 0 Å². The lowest BCUT2D eigenvalue weighted by Crippen LogP contribution is -2.40. The Morgan fingerprint density at radius 3 is 2.43 bits per heavy atom. The highest BCUT2D eigenvalue weighted by Crippen LogP contribution is 2.22. The molecule has 0 atom stereocenters. The summed E-state index contributed by atoms with van der Waals surface area (Å²) in [6.45, 7) is 7.86. The molecule has 7 heteroatoms. The maximum atomic E-state index is 12.2. The van der Waals surface area contributed by atoms with Crippen molar-refractivity contribution in [2.24, 2.45) is 0 Å². The van der Waals surface area contributed by atoms with Crippen LogP contribution < -0.4 is 10.7 Å². The van der Waals surface area contributed by atoms with Gasteiger partial charge in [-0.2, -0.15) is 0 Å². The van der Waals surface area contributed by atoms with E-state index in [-0.39, 0.29) is 5.91 Å². The largest absolute Gasteiger partial charge is 0.442 e. The third-order valence-corrected chi connectivity index (χ3v) is 3.08. The quantitative estimate of drug-likeness (QED) is 0.801. The highest BCUT2D eigenvalue weighted by Gasteiger charge is 2.22. The van der Waals surface area contributed by atoms with Gasteiger partial charge in [-0.3, -0.25) is 10.2 Å². The van der Waals surface area contributed by atoms with Crippen LogP contribution in [0, 0.1) is 0 Å². The summed E-state index contributed by atoms with van der Waals surface area (Å²) in [6, 6.07) is 4.88. The second kappa shape index (κ2) is 8.06. The summed E-state index contributed by atoms with van der Waals surface area (Å²) < 4.78 is 5.36. The first-order chi connectivity index (χ1) is 10.7. The Morgan fingerprint density at radius 2 is 1.96 bits per heavy atom. The van der Waals surface area contributed by atoms with Crippen LogP contribution in [-0.4, -0.2) is 36.2 Å². The number of carbonyl (C=O) groups is 2. The van der Waals surface area contributed by atoms with E-state index in [9.17, 15) is 9.59 Å². The molecule has 6 nitrogen and oxygen atoms in total. The van der Waals surface area contributed by atoms with Crippen LogP contribution in [0.1, 0.15) is 44.5 Å². The summed E-state index contributed by atoms with van der Waals surface area (Å²) in [7, 11) is 1.54. The van der Waals surface area contributed by atoms with E-state index in [1.54, 1.807) is 18.2 Å². The number of amides is 2. The molecule has 0 aliphatic rings. The van der Waals surface area contributed by atoms with E-state index < -0.39 is 11.7 Å². The van der Waals surface area contributed by atoms with Gasteiger partial charge in [0.1, 0.15) is 5.60 Å². The van der Waals surface area contributed by atoms with Gasteiger partial charge in [0.15, 0.2) is 0 Å². The van der Waals surface area contributed by atoms with Crippen molar-refractivity contribution in [3.8, 4) is 0 Å². The molecule has 0 aliphatic heterocycles. The molecule has 128 valence electrons. The van der Waals surface area contributed by atoms with Crippen molar-refractivity contribution in [2.45, 2.75) is 39.7 Å². The summed E-state index contributed by atoms with van der Waals surface area (Å²) in [4.78, 5) is 23.8. The average Bonchev–Trinajstić information content (AvgIpc) is 2.44. The predicted molar refractivity (Wildman–Crippen MR) is 91.7 cm³/mol. The molecular formula is C16H24ClN3O3. The number of benzene rings is 1. The van der Waals surface area contributed by atoms with E-state index in [1.165, 1.54) is 12.1 Å². The SMILES string of the molecule is CCCN(Nc1ccc(C(=O)NC)c(Cl)c1)C(=O)OC(C)(C)C. The van der Waals surface area contributed by atoms with Crippen LogP contribution in [0.2, 0.25) is 5.02 Å². The minimum Gasteiger partial charge on any atom is -0.442 e. The Morgan fingerprint density at radius 1 is 1.30 bits per heavy atom. The molecule has 1 aromatic rings. The topological polar surface area (TPSA) is 70.7 Å². The van der Waals surface area contributed by atoms with Crippen molar-refractivity contribution >= 4 is 29.3 Å². The lowest BCUT2D eigenvalue weighted by Gasteiger charge is -2.28. The standard InChI is InChI=1S/C16H24ClN3O3/c1-6-9-20(15(22)23-16(2,3)4)19-11-7-8-12(13(17)10-11)14(21)18-5/h7-8,10,19H,6,9H2,1-5H3,(H,18,21). The zero-order valence-electron chi connectivity index (χ0n) is 14.2. The minimum atomic E-state index is -0.578. The minimum absolute atomic E-state index is 0.265. The second-order valence-corrected chi connectivity index (χ2v) is 6.42. The fourth-order valence-corrected chi connectivity index (χ4v) is 2.06. The lowest BCUT2D eigenvalue weighted by molar-refractivity contribution is 0.0297. The maximum absolute atomic E-state index is 12.2. The number of anilines is 1. The van der Waals surface area contributed by atoms with Gasteiger partial charge in [-0.15, -0.1) is 0 Å². The molecule has 0 heterocycles. The monoisotopic (exact) mass is 341 g/mol. The van der Waals surface area contributed by atoms with Crippen molar-refractivity contribution < 1.29 is 14.3 Å². The number of nitrogens with zero attached hydrogens (tertiary/aromatic N) is 1. The number of hydrogen-bond acceptors (Lipinski definition) is 4. The Labute approximate surface area is 142 Å². The molecule has 0 fully saturated rings. The number of hydrazine groups is 1. The molecule has 0 spiro atoms. The van der Waals surface area contributed by atoms with Gasteiger partial charge in [-0.1, -0.05) is 18.5 Å². The van der Waals surface area contributed by atoms with Crippen molar-refractivity contribution in [3.05, 3.63) is 28.8 Å². The molecule has 0 unspecified atom stereocenters. The molecule has 2 N–H and O–H groups in total. The third kappa shape index (κ3) is 5.98. The van der Waals surface area contributed by atoms with Gasteiger partial charge in [0.05, 0.1) is 16.3 Å². The van der Waals surface area contributed by atoms with Crippen LogP contribution in [0.5, 0.6) is 0 Å². The number of rotatable bonds is 5. The number of halogens is 1. The zero-order chi connectivity index (χ0) is 17.6. The van der Waals surface area contributed by atoms with Gasteiger partial charge in [0, 0.05) is 13.6 Å². The molecular weight excluding hydrogens is 318 g/mol. The number of carbonyl (C=O) groups excluding carboxylic acids is 2. The molecule has 2 amide bonds. The van der Waals surface area contributed by atoms with Crippen molar-refractivity contribution in [3.63, 3.8) is 0 Å². The van der Waals surface area contributed by atoms with Crippen molar-refractivity contribution in [1.29, 1.82) is 0 Å². The third-order valence-electron chi connectivity index (χ3n) is 2.77. The molecule has 23 heavy (non-hydrogen) atoms. The molecule has 1 aromatic carbocycles. The van der Waals surface area contributed by atoms with Crippen LogP contribution in [0.25, 0.3) is 0 Å². The lowest BCUT2D eigenvalue weighted by atomic mass is 10.2. The van der Waals surface area contributed by atoms with Gasteiger partial charge in [-0.25, -0.2) is 9.80 Å². The zero-order valence-corrected chi connectivity index (χ0v) is 15.0. The second-order valence-electron chi connectivity index (χ2n) is 6.02. The van der Waals surface area contributed by atoms with E-state index in [4.69, 9.17) is 16.3 Å². The van der Waals surface area contributed by atoms with Crippen molar-refractivity contribution in [1.82, 2.24) is 10.3 Å². The fraction of sp³-hybridized carbons (Fsp3) is 0.500. The average molecular weight is 342 g/mol. The summed E-state index contributed by atoms with van der Waals surface area (Å²) >= 11 is 6.11. The molecule has 0 saturated carbocycles. The normalized spacial score (nSPS) is 10.9. The van der Waals surface area contributed by atoms with E-state index in [0.29, 0.717) is 22.8 Å². The fourth-order valence-electron chi connectivity index (χ4n) is 1.79. The first-order valence-electron chi connectivity index (χ1n) is 7.46. The van der Waals surface area contributed by atoms with Crippen LogP contribution in [-0.2, 0) is 4.74 Å².